The fourth-order valence-corrected chi connectivity index (χ4v) is 7.41. The summed E-state index contributed by atoms with van der Waals surface area (Å²) in [6.07, 6.45) is 0. The summed E-state index contributed by atoms with van der Waals surface area (Å²) in [4.78, 5) is 2.39. The van der Waals surface area contributed by atoms with Crippen molar-refractivity contribution in [1.29, 1.82) is 0 Å². The summed E-state index contributed by atoms with van der Waals surface area (Å²) in [5, 5.41) is 6.85. The summed E-state index contributed by atoms with van der Waals surface area (Å²) >= 11 is 0. The lowest BCUT2D eigenvalue weighted by Crippen LogP contribution is -2.11. The number of anilines is 3. The second-order valence-corrected chi connectivity index (χ2v) is 12.5. The molecule has 0 saturated heterocycles. The Morgan fingerprint density at radius 2 is 1.00 bits per heavy atom. The van der Waals surface area contributed by atoms with Crippen LogP contribution in [0.2, 0.25) is 0 Å². The number of fused-ring (bicyclic) bond motifs is 7. The normalized spacial score (nSPS) is 11.7. The van der Waals surface area contributed by atoms with E-state index in [2.05, 4.69) is 157 Å². The first kappa shape index (κ1) is 27.5. The Balaban J connectivity index is 1.24. The lowest BCUT2D eigenvalue weighted by Gasteiger charge is -2.29. The number of hydrogen-bond acceptors (Lipinski definition) is 3. The average Bonchev–Trinajstić information content (AvgIpc) is 3.74. The van der Waals surface area contributed by atoms with Crippen LogP contribution in [-0.2, 0) is 0 Å². The Morgan fingerprint density at radius 3 is 1.92 bits per heavy atom. The summed E-state index contributed by atoms with van der Waals surface area (Å²) in [5.41, 5.74) is 11.1. The molecule has 3 nitrogen and oxygen atoms in total. The van der Waals surface area contributed by atoms with Gasteiger partial charge in [0.05, 0.1) is 16.8 Å². The fraction of sp³-hybridized carbons (Fsp3) is 0. The lowest BCUT2D eigenvalue weighted by molar-refractivity contribution is 0.669. The highest BCUT2D eigenvalue weighted by Crippen LogP contribution is 2.47. The van der Waals surface area contributed by atoms with Gasteiger partial charge in [-0.2, -0.15) is 0 Å². The van der Waals surface area contributed by atoms with Crippen LogP contribution in [0.1, 0.15) is 0 Å². The predicted octanol–water partition coefficient (Wildman–Crippen LogP) is 13.4. The van der Waals surface area contributed by atoms with Gasteiger partial charge in [0.2, 0.25) is 0 Å². The van der Waals surface area contributed by atoms with E-state index < -0.39 is 0 Å². The molecule has 0 radical (unpaired) electrons. The summed E-state index contributed by atoms with van der Waals surface area (Å²) < 4.78 is 12.9. The molecule has 49 heavy (non-hydrogen) atoms. The Morgan fingerprint density at radius 1 is 0.367 bits per heavy atom. The van der Waals surface area contributed by atoms with E-state index in [0.717, 1.165) is 83.2 Å². The van der Waals surface area contributed by atoms with Gasteiger partial charge in [-0.15, -0.1) is 0 Å². The van der Waals surface area contributed by atoms with Crippen LogP contribution in [0.5, 0.6) is 0 Å². The molecule has 0 atom stereocenters. The van der Waals surface area contributed by atoms with Gasteiger partial charge in [0.25, 0.3) is 0 Å². The van der Waals surface area contributed by atoms with Gasteiger partial charge in [-0.3, -0.25) is 0 Å². The van der Waals surface area contributed by atoms with Crippen LogP contribution in [-0.4, -0.2) is 0 Å². The van der Waals surface area contributed by atoms with Crippen molar-refractivity contribution >= 4 is 71.7 Å². The molecule has 8 aromatic carbocycles. The maximum Gasteiger partial charge on any atom is 0.143 e. The van der Waals surface area contributed by atoms with Crippen LogP contribution in [0.3, 0.4) is 0 Å². The predicted molar refractivity (Wildman–Crippen MR) is 204 cm³/mol. The SMILES string of the molecule is c1cc(-c2cccc3c2oc2ccccc23)cc(N(c2ccccc2-c2ccc3ccccc3c2)c2cccc3oc4ccccc4c23)c1. The molecule has 2 aromatic heterocycles. The van der Waals surface area contributed by atoms with E-state index in [1.54, 1.807) is 0 Å². The number of furan rings is 2. The first-order valence-electron chi connectivity index (χ1n) is 16.6. The zero-order chi connectivity index (χ0) is 32.3. The van der Waals surface area contributed by atoms with Crippen molar-refractivity contribution in [3.05, 3.63) is 176 Å². The molecular weight excluding hydrogens is 599 g/mol. The van der Waals surface area contributed by atoms with Crippen LogP contribution in [0.15, 0.2) is 185 Å². The van der Waals surface area contributed by atoms with Crippen LogP contribution in [0, 0.1) is 0 Å². The maximum absolute atomic E-state index is 6.49. The highest BCUT2D eigenvalue weighted by molar-refractivity contribution is 6.14. The molecule has 0 saturated carbocycles. The third-order valence-electron chi connectivity index (χ3n) is 9.65. The van der Waals surface area contributed by atoms with Crippen molar-refractivity contribution in [3.8, 4) is 22.3 Å². The number of benzene rings is 8. The Kier molecular flexibility index (Phi) is 6.18. The molecule has 0 unspecified atom stereocenters. The van der Waals surface area contributed by atoms with E-state index in [4.69, 9.17) is 8.83 Å². The minimum atomic E-state index is 0.857. The number of rotatable bonds is 5. The van der Waals surface area contributed by atoms with Gasteiger partial charge in [0.15, 0.2) is 0 Å². The molecular formula is C46H29NO2. The minimum absolute atomic E-state index is 0.857. The molecule has 0 N–H and O–H groups in total. The van der Waals surface area contributed by atoms with Gasteiger partial charge in [-0.25, -0.2) is 0 Å². The van der Waals surface area contributed by atoms with Crippen molar-refractivity contribution in [1.82, 2.24) is 0 Å². The molecule has 3 heteroatoms. The smallest absolute Gasteiger partial charge is 0.143 e. The third kappa shape index (κ3) is 4.44. The molecule has 0 fully saturated rings. The zero-order valence-electron chi connectivity index (χ0n) is 26.5. The van der Waals surface area contributed by atoms with Crippen LogP contribution >= 0.6 is 0 Å². The highest BCUT2D eigenvalue weighted by atomic mass is 16.3. The summed E-state index contributed by atoms with van der Waals surface area (Å²) in [6, 6.07) is 62.1. The Labute approximate surface area is 282 Å². The largest absolute Gasteiger partial charge is 0.456 e. The van der Waals surface area contributed by atoms with Gasteiger partial charge >= 0.3 is 0 Å². The fourth-order valence-electron chi connectivity index (χ4n) is 7.41. The van der Waals surface area contributed by atoms with Crippen molar-refractivity contribution in [3.63, 3.8) is 0 Å². The second-order valence-electron chi connectivity index (χ2n) is 12.5. The van der Waals surface area contributed by atoms with Gasteiger partial charge < -0.3 is 13.7 Å². The van der Waals surface area contributed by atoms with Crippen LogP contribution in [0.4, 0.5) is 17.1 Å². The third-order valence-corrected chi connectivity index (χ3v) is 9.65. The lowest BCUT2D eigenvalue weighted by atomic mass is 9.97. The van der Waals surface area contributed by atoms with E-state index in [-0.39, 0.29) is 0 Å². The minimum Gasteiger partial charge on any atom is -0.456 e. The summed E-state index contributed by atoms with van der Waals surface area (Å²) in [6.45, 7) is 0. The molecule has 2 heterocycles. The van der Waals surface area contributed by atoms with E-state index >= 15 is 0 Å². The molecule has 0 aliphatic heterocycles. The van der Waals surface area contributed by atoms with Crippen molar-refractivity contribution in [2.45, 2.75) is 0 Å². The van der Waals surface area contributed by atoms with Gasteiger partial charge in [0, 0.05) is 33.0 Å². The van der Waals surface area contributed by atoms with Crippen LogP contribution in [0.25, 0.3) is 76.9 Å². The van der Waals surface area contributed by atoms with Crippen LogP contribution < -0.4 is 4.90 Å². The second kappa shape index (κ2) is 11.0. The molecule has 0 spiro atoms. The van der Waals surface area contributed by atoms with Gasteiger partial charge in [-0.05, 0) is 70.4 Å². The van der Waals surface area contributed by atoms with Gasteiger partial charge in [0.1, 0.15) is 22.3 Å². The summed E-state index contributed by atoms with van der Waals surface area (Å²) in [5.74, 6) is 0. The zero-order valence-corrected chi connectivity index (χ0v) is 26.5. The number of para-hydroxylation sites is 4. The quantitative estimate of drug-likeness (QED) is 0.190. The molecule has 10 aromatic rings. The standard InChI is InChI=1S/C46H29NO2/c1-2-13-31-28-33(27-26-30(31)12-1)35-16-3-6-21-40(35)47(41-22-11-25-44-45(41)39-18-5-8-24-43(39)48-44)34-15-9-14-32(29-34)36-19-10-20-38-37-17-4-7-23-42(37)49-46(36)38/h1-29H. The highest BCUT2D eigenvalue weighted by Gasteiger charge is 2.23. The van der Waals surface area contributed by atoms with E-state index in [9.17, 15) is 0 Å². The monoisotopic (exact) mass is 627 g/mol. The van der Waals surface area contributed by atoms with E-state index in [1.807, 2.05) is 24.3 Å². The topological polar surface area (TPSA) is 29.5 Å². The van der Waals surface area contributed by atoms with Crippen molar-refractivity contribution in [2.75, 3.05) is 4.90 Å². The Hall–Kier alpha value is -6.58. The average molecular weight is 628 g/mol. The molecule has 230 valence electrons. The maximum atomic E-state index is 6.49. The Bertz CT molecular complexity index is 2860. The molecule has 0 aliphatic rings. The van der Waals surface area contributed by atoms with Crippen molar-refractivity contribution < 1.29 is 8.83 Å². The number of nitrogens with zero attached hydrogens (tertiary/aromatic N) is 1. The van der Waals surface area contributed by atoms with E-state index in [1.165, 1.54) is 10.8 Å². The van der Waals surface area contributed by atoms with Gasteiger partial charge in [-0.1, -0.05) is 127 Å². The van der Waals surface area contributed by atoms with E-state index in [0.29, 0.717) is 0 Å². The number of hydrogen-bond donors (Lipinski definition) is 0. The molecule has 0 amide bonds. The first-order chi connectivity index (χ1) is 24.3. The van der Waals surface area contributed by atoms with Crippen molar-refractivity contribution in [2.24, 2.45) is 0 Å². The molecule has 10 rings (SSSR count). The summed E-state index contributed by atoms with van der Waals surface area (Å²) in [7, 11) is 0. The molecule has 0 aliphatic carbocycles. The first-order valence-corrected chi connectivity index (χ1v) is 16.6. The molecule has 0 bridgehead atoms.